The molecule has 0 heterocycles. The average molecular weight is 314 g/mol. The lowest BCUT2D eigenvalue weighted by molar-refractivity contribution is 0.0948. The molecule has 0 saturated heterocycles. The Hall–Kier alpha value is -3.02. The Morgan fingerprint density at radius 1 is 1.13 bits per heavy atom. The van der Waals surface area contributed by atoms with Gasteiger partial charge in [0.15, 0.2) is 0 Å². The molecule has 0 aliphatic carbocycles. The van der Waals surface area contributed by atoms with Gasteiger partial charge < -0.3 is 15.2 Å². The first kappa shape index (κ1) is 16.4. The number of nitrogens with one attached hydrogen (secondary N) is 2. The molecule has 0 radical (unpaired) electrons. The number of amides is 2. The standard InChI is InChI=1S/C17H18N2O4/c1-11-3-8-14(15(20)9-11)16(21)18-10-12-4-6-13(7-5-12)19-17(22)23-2/h3-9,20H,10H2,1-2H3,(H,18,21)(H,19,22). The largest absolute Gasteiger partial charge is 0.507 e. The van der Waals surface area contributed by atoms with E-state index in [0.29, 0.717) is 12.2 Å². The topological polar surface area (TPSA) is 87.7 Å². The van der Waals surface area contributed by atoms with Gasteiger partial charge in [-0.15, -0.1) is 0 Å². The van der Waals surface area contributed by atoms with E-state index in [0.717, 1.165) is 11.1 Å². The van der Waals surface area contributed by atoms with Gasteiger partial charge >= 0.3 is 6.09 Å². The number of ether oxygens (including phenoxy) is 1. The smallest absolute Gasteiger partial charge is 0.411 e. The van der Waals surface area contributed by atoms with Crippen LogP contribution in [0.5, 0.6) is 5.75 Å². The van der Waals surface area contributed by atoms with Crippen LogP contribution in [0.4, 0.5) is 10.5 Å². The SMILES string of the molecule is COC(=O)Nc1ccc(CNC(=O)c2ccc(C)cc2O)cc1. The highest BCUT2D eigenvalue weighted by molar-refractivity contribution is 5.96. The number of benzene rings is 2. The predicted octanol–water partition coefficient (Wildman–Crippen LogP) is 2.81. The van der Waals surface area contributed by atoms with Crippen LogP contribution in [0.2, 0.25) is 0 Å². The van der Waals surface area contributed by atoms with Crippen LogP contribution < -0.4 is 10.6 Å². The minimum Gasteiger partial charge on any atom is -0.507 e. The molecule has 2 rings (SSSR count). The summed E-state index contributed by atoms with van der Waals surface area (Å²) in [4.78, 5) is 23.1. The molecular weight excluding hydrogens is 296 g/mol. The van der Waals surface area contributed by atoms with E-state index in [2.05, 4.69) is 15.4 Å². The van der Waals surface area contributed by atoms with Crippen LogP contribution in [0.3, 0.4) is 0 Å². The number of phenols is 1. The van der Waals surface area contributed by atoms with Crippen molar-refractivity contribution in [3.63, 3.8) is 0 Å². The highest BCUT2D eigenvalue weighted by Gasteiger charge is 2.10. The molecule has 0 aromatic heterocycles. The van der Waals surface area contributed by atoms with Crippen molar-refractivity contribution in [2.75, 3.05) is 12.4 Å². The van der Waals surface area contributed by atoms with Gasteiger partial charge in [-0.25, -0.2) is 4.79 Å². The van der Waals surface area contributed by atoms with Crippen LogP contribution in [-0.4, -0.2) is 24.2 Å². The maximum absolute atomic E-state index is 12.1. The number of methoxy groups -OCH3 is 1. The van der Waals surface area contributed by atoms with Crippen molar-refractivity contribution in [1.82, 2.24) is 5.32 Å². The summed E-state index contributed by atoms with van der Waals surface area (Å²) in [6.45, 7) is 2.15. The predicted molar refractivity (Wildman–Crippen MR) is 86.5 cm³/mol. The van der Waals surface area contributed by atoms with Crippen molar-refractivity contribution in [2.24, 2.45) is 0 Å². The number of rotatable bonds is 4. The van der Waals surface area contributed by atoms with E-state index < -0.39 is 6.09 Å². The molecular formula is C17H18N2O4. The molecule has 0 aliphatic heterocycles. The van der Waals surface area contributed by atoms with Crippen molar-refractivity contribution in [3.8, 4) is 5.75 Å². The highest BCUT2D eigenvalue weighted by atomic mass is 16.5. The van der Waals surface area contributed by atoms with Gasteiger partial charge in [-0.2, -0.15) is 0 Å². The van der Waals surface area contributed by atoms with Gasteiger partial charge in [-0.05, 0) is 42.3 Å². The third-order valence-electron chi connectivity index (χ3n) is 3.24. The molecule has 2 aromatic rings. The highest BCUT2D eigenvalue weighted by Crippen LogP contribution is 2.18. The number of carbonyl (C=O) groups is 2. The van der Waals surface area contributed by atoms with Crippen LogP contribution >= 0.6 is 0 Å². The Balaban J connectivity index is 1.95. The van der Waals surface area contributed by atoms with Crippen LogP contribution in [0.15, 0.2) is 42.5 Å². The second kappa shape index (κ2) is 7.31. The number of aromatic hydroxyl groups is 1. The van der Waals surface area contributed by atoms with E-state index in [4.69, 9.17) is 0 Å². The Bertz CT molecular complexity index is 711. The molecule has 6 nitrogen and oxygen atoms in total. The van der Waals surface area contributed by atoms with Crippen LogP contribution in [0.25, 0.3) is 0 Å². The molecule has 0 saturated carbocycles. The van der Waals surface area contributed by atoms with Gasteiger partial charge in [0.05, 0.1) is 12.7 Å². The fourth-order valence-electron chi connectivity index (χ4n) is 1.99. The summed E-state index contributed by atoms with van der Waals surface area (Å²) in [5, 5.41) is 15.1. The Morgan fingerprint density at radius 3 is 2.43 bits per heavy atom. The average Bonchev–Trinajstić information content (AvgIpc) is 2.53. The Labute approximate surface area is 134 Å². The molecule has 2 aromatic carbocycles. The van der Waals surface area contributed by atoms with E-state index >= 15 is 0 Å². The molecule has 0 bridgehead atoms. The Kier molecular flexibility index (Phi) is 5.19. The maximum atomic E-state index is 12.1. The van der Waals surface area contributed by atoms with E-state index in [1.807, 2.05) is 6.92 Å². The lowest BCUT2D eigenvalue weighted by Crippen LogP contribution is -2.22. The quantitative estimate of drug-likeness (QED) is 0.810. The Morgan fingerprint density at radius 2 is 1.83 bits per heavy atom. The molecule has 0 fully saturated rings. The van der Waals surface area contributed by atoms with E-state index in [-0.39, 0.29) is 17.2 Å². The summed E-state index contributed by atoms with van der Waals surface area (Å²) in [7, 11) is 1.29. The van der Waals surface area contributed by atoms with Gasteiger partial charge in [0, 0.05) is 12.2 Å². The van der Waals surface area contributed by atoms with Crippen molar-refractivity contribution >= 4 is 17.7 Å². The molecule has 6 heteroatoms. The van der Waals surface area contributed by atoms with Gasteiger partial charge in [0.1, 0.15) is 5.75 Å². The first-order valence-corrected chi connectivity index (χ1v) is 7.01. The number of phenolic OH excluding ortho intramolecular Hbond substituents is 1. The van der Waals surface area contributed by atoms with Crippen molar-refractivity contribution in [1.29, 1.82) is 0 Å². The van der Waals surface area contributed by atoms with Crippen LogP contribution in [0, 0.1) is 6.92 Å². The van der Waals surface area contributed by atoms with Gasteiger partial charge in [-0.1, -0.05) is 18.2 Å². The summed E-state index contributed by atoms with van der Waals surface area (Å²) in [5.74, 6) is -0.389. The summed E-state index contributed by atoms with van der Waals surface area (Å²) < 4.78 is 4.50. The van der Waals surface area contributed by atoms with Crippen LogP contribution in [0.1, 0.15) is 21.5 Å². The number of anilines is 1. The number of carbonyl (C=O) groups excluding carboxylic acids is 2. The van der Waals surface area contributed by atoms with E-state index in [1.54, 1.807) is 42.5 Å². The summed E-state index contributed by atoms with van der Waals surface area (Å²) >= 11 is 0. The lowest BCUT2D eigenvalue weighted by atomic mass is 10.1. The first-order chi connectivity index (χ1) is 11.0. The molecule has 120 valence electrons. The maximum Gasteiger partial charge on any atom is 0.411 e. The molecule has 3 N–H and O–H groups in total. The van der Waals surface area contributed by atoms with Crippen molar-refractivity contribution in [2.45, 2.75) is 13.5 Å². The van der Waals surface area contributed by atoms with Crippen LogP contribution in [-0.2, 0) is 11.3 Å². The van der Waals surface area contributed by atoms with E-state index in [1.165, 1.54) is 7.11 Å². The van der Waals surface area contributed by atoms with Gasteiger partial charge in [0.25, 0.3) is 5.91 Å². The fourth-order valence-corrected chi connectivity index (χ4v) is 1.99. The molecule has 0 spiro atoms. The monoisotopic (exact) mass is 314 g/mol. The molecule has 2 amide bonds. The third kappa shape index (κ3) is 4.47. The minimum absolute atomic E-state index is 0.0416. The second-order valence-corrected chi connectivity index (χ2v) is 5.02. The molecule has 0 aliphatic rings. The minimum atomic E-state index is -0.541. The normalized spacial score (nSPS) is 10.0. The number of aryl methyl sites for hydroxylation is 1. The fraction of sp³-hybridized carbons (Fsp3) is 0.176. The van der Waals surface area contributed by atoms with Crippen molar-refractivity contribution < 1.29 is 19.4 Å². The zero-order valence-electron chi connectivity index (χ0n) is 12.9. The molecule has 23 heavy (non-hydrogen) atoms. The summed E-state index contributed by atoms with van der Waals surface area (Å²) in [5.41, 5.74) is 2.58. The summed E-state index contributed by atoms with van der Waals surface area (Å²) in [6, 6.07) is 11.9. The summed E-state index contributed by atoms with van der Waals surface area (Å²) in [6.07, 6.45) is -0.541. The molecule has 0 atom stereocenters. The molecule has 0 unspecified atom stereocenters. The second-order valence-electron chi connectivity index (χ2n) is 5.02. The van der Waals surface area contributed by atoms with Crippen molar-refractivity contribution in [3.05, 3.63) is 59.2 Å². The number of hydrogen-bond donors (Lipinski definition) is 3. The van der Waals surface area contributed by atoms with E-state index in [9.17, 15) is 14.7 Å². The number of hydrogen-bond acceptors (Lipinski definition) is 4. The third-order valence-corrected chi connectivity index (χ3v) is 3.24. The van der Waals surface area contributed by atoms with Gasteiger partial charge in [-0.3, -0.25) is 10.1 Å². The zero-order chi connectivity index (χ0) is 16.8. The van der Waals surface area contributed by atoms with Gasteiger partial charge in [0.2, 0.25) is 0 Å². The zero-order valence-corrected chi connectivity index (χ0v) is 12.9. The first-order valence-electron chi connectivity index (χ1n) is 7.01. The lowest BCUT2D eigenvalue weighted by Gasteiger charge is -2.08.